The molecule has 0 N–H and O–H groups in total. The average molecular weight is 288 g/mol. The summed E-state index contributed by atoms with van der Waals surface area (Å²) in [5, 5.41) is 0. The molecule has 114 valence electrons. The Bertz CT molecular complexity index is 467. The number of carbonyl (C=O) groups is 2. The molecule has 0 saturated carbocycles. The molecule has 2 amide bonds. The van der Waals surface area contributed by atoms with E-state index in [9.17, 15) is 9.59 Å². The molecule has 1 aliphatic heterocycles. The van der Waals surface area contributed by atoms with Crippen molar-refractivity contribution in [2.45, 2.75) is 32.6 Å². The molecule has 0 bridgehead atoms. The number of likely N-dealkylation sites (tertiary alicyclic amines) is 1. The zero-order valence-electron chi connectivity index (χ0n) is 12.8. The number of rotatable bonds is 6. The Morgan fingerprint density at radius 1 is 1.14 bits per heavy atom. The Balaban J connectivity index is 1.79. The summed E-state index contributed by atoms with van der Waals surface area (Å²) in [6.07, 6.45) is 3.99. The molecule has 0 aromatic heterocycles. The SMILES string of the molecule is CC(=O)N(CCCc1ccccc1)CC(=O)N1CCCC1. The highest BCUT2D eigenvalue weighted by Gasteiger charge is 2.21. The van der Waals surface area contributed by atoms with Crippen LogP contribution in [-0.2, 0) is 16.0 Å². The van der Waals surface area contributed by atoms with E-state index in [4.69, 9.17) is 0 Å². The summed E-state index contributed by atoms with van der Waals surface area (Å²) < 4.78 is 0. The topological polar surface area (TPSA) is 40.6 Å². The van der Waals surface area contributed by atoms with E-state index < -0.39 is 0 Å². The fourth-order valence-corrected chi connectivity index (χ4v) is 2.70. The largest absolute Gasteiger partial charge is 0.341 e. The lowest BCUT2D eigenvalue weighted by Gasteiger charge is -2.24. The van der Waals surface area contributed by atoms with Crippen LogP contribution in [0.4, 0.5) is 0 Å². The Labute approximate surface area is 126 Å². The van der Waals surface area contributed by atoms with Gasteiger partial charge in [0.2, 0.25) is 11.8 Å². The highest BCUT2D eigenvalue weighted by molar-refractivity contribution is 5.84. The van der Waals surface area contributed by atoms with Crippen LogP contribution in [0.5, 0.6) is 0 Å². The van der Waals surface area contributed by atoms with E-state index in [1.54, 1.807) is 11.8 Å². The van der Waals surface area contributed by atoms with Gasteiger partial charge in [0.25, 0.3) is 0 Å². The molecule has 21 heavy (non-hydrogen) atoms. The first kappa shape index (κ1) is 15.5. The Morgan fingerprint density at radius 3 is 2.43 bits per heavy atom. The number of carbonyl (C=O) groups excluding carboxylic acids is 2. The second-order valence-corrected chi connectivity index (χ2v) is 5.62. The molecule has 0 unspecified atom stereocenters. The number of hydrogen-bond acceptors (Lipinski definition) is 2. The summed E-state index contributed by atoms with van der Waals surface area (Å²) in [5.41, 5.74) is 1.27. The van der Waals surface area contributed by atoms with Gasteiger partial charge in [0.1, 0.15) is 0 Å². The van der Waals surface area contributed by atoms with Crippen LogP contribution in [0.3, 0.4) is 0 Å². The first-order valence-electron chi connectivity index (χ1n) is 7.74. The average Bonchev–Trinajstić information content (AvgIpc) is 3.01. The summed E-state index contributed by atoms with van der Waals surface area (Å²) >= 11 is 0. The van der Waals surface area contributed by atoms with Crippen molar-refractivity contribution in [2.75, 3.05) is 26.2 Å². The van der Waals surface area contributed by atoms with Crippen molar-refractivity contribution in [3.63, 3.8) is 0 Å². The van der Waals surface area contributed by atoms with E-state index in [0.29, 0.717) is 6.54 Å². The van der Waals surface area contributed by atoms with Crippen molar-refractivity contribution >= 4 is 11.8 Å². The lowest BCUT2D eigenvalue weighted by molar-refractivity contribution is -0.138. The minimum atomic E-state index is -0.0180. The van der Waals surface area contributed by atoms with Gasteiger partial charge < -0.3 is 9.80 Å². The number of benzene rings is 1. The van der Waals surface area contributed by atoms with Crippen LogP contribution in [0, 0.1) is 0 Å². The lowest BCUT2D eigenvalue weighted by atomic mass is 10.1. The summed E-state index contributed by atoms with van der Waals surface area (Å²) in [6, 6.07) is 10.2. The Kier molecular flexibility index (Phi) is 5.78. The fraction of sp³-hybridized carbons (Fsp3) is 0.529. The third kappa shape index (κ3) is 4.88. The normalized spacial score (nSPS) is 14.2. The Hall–Kier alpha value is -1.84. The van der Waals surface area contributed by atoms with Gasteiger partial charge in [-0.2, -0.15) is 0 Å². The quantitative estimate of drug-likeness (QED) is 0.804. The summed E-state index contributed by atoms with van der Waals surface area (Å²) in [6.45, 7) is 4.09. The van der Waals surface area contributed by atoms with Gasteiger partial charge in [-0.05, 0) is 31.2 Å². The standard InChI is InChI=1S/C17H24N2O2/c1-15(20)19(14-17(21)18-11-5-6-12-18)13-7-10-16-8-3-2-4-9-16/h2-4,8-9H,5-7,10-14H2,1H3. The maximum atomic E-state index is 12.1. The molecule has 0 radical (unpaired) electrons. The number of amides is 2. The van der Waals surface area contributed by atoms with Gasteiger partial charge >= 0.3 is 0 Å². The van der Waals surface area contributed by atoms with Crippen LogP contribution in [0.25, 0.3) is 0 Å². The smallest absolute Gasteiger partial charge is 0.242 e. The summed E-state index contributed by atoms with van der Waals surface area (Å²) in [4.78, 5) is 27.4. The van der Waals surface area contributed by atoms with Crippen molar-refractivity contribution in [3.05, 3.63) is 35.9 Å². The molecular formula is C17H24N2O2. The third-order valence-electron chi connectivity index (χ3n) is 3.97. The van der Waals surface area contributed by atoms with E-state index >= 15 is 0 Å². The molecule has 1 heterocycles. The monoisotopic (exact) mass is 288 g/mol. The molecule has 1 aromatic rings. The van der Waals surface area contributed by atoms with Gasteiger partial charge in [-0.1, -0.05) is 30.3 Å². The highest BCUT2D eigenvalue weighted by Crippen LogP contribution is 2.09. The molecule has 0 aliphatic carbocycles. The van der Waals surface area contributed by atoms with Crippen LogP contribution in [-0.4, -0.2) is 47.8 Å². The molecule has 4 heteroatoms. The molecule has 0 atom stereocenters. The van der Waals surface area contributed by atoms with E-state index in [1.807, 2.05) is 23.1 Å². The summed E-state index contributed by atoms with van der Waals surface area (Å²) in [5.74, 6) is 0.0676. The molecule has 0 spiro atoms. The molecule has 1 aliphatic rings. The Morgan fingerprint density at radius 2 is 1.81 bits per heavy atom. The molecule has 1 fully saturated rings. The summed E-state index contributed by atoms with van der Waals surface area (Å²) in [7, 11) is 0. The van der Waals surface area contributed by atoms with Gasteiger partial charge in [-0.3, -0.25) is 9.59 Å². The van der Waals surface area contributed by atoms with Gasteiger partial charge in [0, 0.05) is 26.6 Å². The number of hydrogen-bond donors (Lipinski definition) is 0. The fourth-order valence-electron chi connectivity index (χ4n) is 2.70. The maximum absolute atomic E-state index is 12.1. The molecule has 2 rings (SSSR count). The predicted molar refractivity (Wildman–Crippen MR) is 82.8 cm³/mol. The van der Waals surface area contributed by atoms with Crippen molar-refractivity contribution in [3.8, 4) is 0 Å². The second-order valence-electron chi connectivity index (χ2n) is 5.62. The van der Waals surface area contributed by atoms with Crippen LogP contribution in [0.15, 0.2) is 30.3 Å². The van der Waals surface area contributed by atoms with Crippen molar-refractivity contribution in [1.29, 1.82) is 0 Å². The zero-order valence-corrected chi connectivity index (χ0v) is 12.8. The highest BCUT2D eigenvalue weighted by atomic mass is 16.2. The second kappa shape index (κ2) is 7.81. The zero-order chi connectivity index (χ0) is 15.1. The maximum Gasteiger partial charge on any atom is 0.242 e. The van der Waals surface area contributed by atoms with Gasteiger partial charge in [-0.25, -0.2) is 0 Å². The minimum Gasteiger partial charge on any atom is -0.341 e. The molecule has 1 saturated heterocycles. The third-order valence-corrected chi connectivity index (χ3v) is 3.97. The number of aryl methyl sites for hydroxylation is 1. The van der Waals surface area contributed by atoms with E-state index in [-0.39, 0.29) is 18.4 Å². The predicted octanol–water partition coefficient (Wildman–Crippen LogP) is 2.09. The van der Waals surface area contributed by atoms with Crippen molar-refractivity contribution < 1.29 is 9.59 Å². The molecular weight excluding hydrogens is 264 g/mol. The van der Waals surface area contributed by atoms with E-state index in [1.165, 1.54) is 5.56 Å². The van der Waals surface area contributed by atoms with E-state index in [2.05, 4.69) is 12.1 Å². The van der Waals surface area contributed by atoms with Crippen LogP contribution >= 0.6 is 0 Å². The van der Waals surface area contributed by atoms with Crippen molar-refractivity contribution in [1.82, 2.24) is 9.80 Å². The van der Waals surface area contributed by atoms with Gasteiger partial charge in [0.05, 0.1) is 6.54 Å². The van der Waals surface area contributed by atoms with E-state index in [0.717, 1.165) is 38.8 Å². The number of nitrogens with zero attached hydrogens (tertiary/aromatic N) is 2. The first-order chi connectivity index (χ1) is 10.2. The molecule has 1 aromatic carbocycles. The van der Waals surface area contributed by atoms with Crippen molar-refractivity contribution in [2.24, 2.45) is 0 Å². The molecule has 4 nitrogen and oxygen atoms in total. The minimum absolute atomic E-state index is 0.0180. The van der Waals surface area contributed by atoms with Crippen LogP contribution in [0.2, 0.25) is 0 Å². The van der Waals surface area contributed by atoms with Crippen LogP contribution in [0.1, 0.15) is 31.7 Å². The first-order valence-corrected chi connectivity index (χ1v) is 7.74. The van der Waals surface area contributed by atoms with Crippen LogP contribution < -0.4 is 0 Å². The van der Waals surface area contributed by atoms with Gasteiger partial charge in [0.15, 0.2) is 0 Å². The van der Waals surface area contributed by atoms with Gasteiger partial charge in [-0.15, -0.1) is 0 Å². The lowest BCUT2D eigenvalue weighted by Crippen LogP contribution is -2.41.